The molecule has 0 aromatic heterocycles. The fourth-order valence-corrected chi connectivity index (χ4v) is 4.91. The molecule has 3 aromatic carbocycles. The Kier molecular flexibility index (Phi) is 16.9. The molecule has 0 aliphatic rings. The summed E-state index contributed by atoms with van der Waals surface area (Å²) in [7, 11) is 0. The van der Waals surface area contributed by atoms with Gasteiger partial charge in [0.1, 0.15) is 23.0 Å². The van der Waals surface area contributed by atoms with Gasteiger partial charge in [0.2, 0.25) is 0 Å². The molecular formula is C40H56N2O8. The minimum Gasteiger partial charge on any atom is -0.493 e. The Morgan fingerprint density at radius 3 is 1.36 bits per heavy atom. The Hall–Kier alpha value is -4.28. The number of anilines is 2. The minimum absolute atomic E-state index is 0.192. The number of ether oxygens (including phenoxy) is 4. The van der Waals surface area contributed by atoms with Crippen LogP contribution >= 0.6 is 0 Å². The van der Waals surface area contributed by atoms with Crippen molar-refractivity contribution in [3.63, 3.8) is 0 Å². The van der Waals surface area contributed by atoms with Crippen LogP contribution in [0, 0.1) is 11.8 Å². The van der Waals surface area contributed by atoms with E-state index in [9.17, 15) is 19.8 Å². The summed E-state index contributed by atoms with van der Waals surface area (Å²) in [5, 5.41) is 25.6. The van der Waals surface area contributed by atoms with Crippen molar-refractivity contribution >= 4 is 23.2 Å². The highest BCUT2D eigenvalue weighted by Crippen LogP contribution is 2.39. The number of aliphatic hydroxyl groups excluding tert-OH is 2. The first-order valence-electron chi connectivity index (χ1n) is 17.9. The lowest BCUT2D eigenvalue weighted by molar-refractivity contribution is 0.101. The zero-order valence-electron chi connectivity index (χ0n) is 30.6. The van der Waals surface area contributed by atoms with Crippen LogP contribution < -0.4 is 29.6 Å². The highest BCUT2D eigenvalue weighted by atomic mass is 16.5. The van der Waals surface area contributed by atoms with Crippen LogP contribution in [0.25, 0.3) is 0 Å². The van der Waals surface area contributed by atoms with Gasteiger partial charge in [0.15, 0.2) is 0 Å². The maximum atomic E-state index is 13.9. The summed E-state index contributed by atoms with van der Waals surface area (Å²) in [6.07, 6.45) is 5.78. The van der Waals surface area contributed by atoms with E-state index in [4.69, 9.17) is 18.9 Å². The third-order valence-electron chi connectivity index (χ3n) is 7.68. The second-order valence-corrected chi connectivity index (χ2v) is 13.3. The first kappa shape index (κ1) is 40.2. The number of hydrogen-bond donors (Lipinski definition) is 4. The average Bonchev–Trinajstić information content (AvgIpc) is 3.10. The van der Waals surface area contributed by atoms with Gasteiger partial charge >= 0.3 is 0 Å². The molecule has 3 rings (SSSR count). The van der Waals surface area contributed by atoms with E-state index in [0.717, 1.165) is 38.5 Å². The summed E-state index contributed by atoms with van der Waals surface area (Å²) >= 11 is 0. The zero-order valence-corrected chi connectivity index (χ0v) is 30.6. The van der Waals surface area contributed by atoms with Crippen molar-refractivity contribution in [3.8, 4) is 23.0 Å². The Bertz CT molecular complexity index is 1410. The van der Waals surface area contributed by atoms with E-state index >= 15 is 0 Å². The number of carbonyl (C=O) groups excluding carboxylic acids is 2. The van der Waals surface area contributed by atoms with E-state index in [-0.39, 0.29) is 36.2 Å². The second-order valence-electron chi connectivity index (χ2n) is 13.3. The molecule has 0 radical (unpaired) electrons. The molecule has 10 heteroatoms. The van der Waals surface area contributed by atoms with Crippen LogP contribution in [0.15, 0.2) is 48.5 Å². The molecule has 0 heterocycles. The van der Waals surface area contributed by atoms with Crippen molar-refractivity contribution in [2.45, 2.75) is 93.3 Å². The summed E-state index contributed by atoms with van der Waals surface area (Å²) in [5.41, 5.74) is 2.29. The molecular weight excluding hydrogens is 636 g/mol. The molecule has 2 amide bonds. The quantitative estimate of drug-likeness (QED) is 0.0772. The van der Waals surface area contributed by atoms with Crippen LogP contribution in [0.5, 0.6) is 23.0 Å². The SMILES string of the molecule is CCCCCOc1ccc(CO)cc1C(=O)Nc1cc(NC(=O)c2cc(CO)ccc2OCCCCC)c(OCC(C)C)cc1OCC(C)C. The van der Waals surface area contributed by atoms with E-state index in [0.29, 0.717) is 71.9 Å². The fraction of sp³-hybridized carbons (Fsp3) is 0.500. The average molecular weight is 693 g/mol. The van der Waals surface area contributed by atoms with Gasteiger partial charge < -0.3 is 39.8 Å². The Morgan fingerprint density at radius 2 is 1.00 bits per heavy atom. The lowest BCUT2D eigenvalue weighted by atomic mass is 10.1. The van der Waals surface area contributed by atoms with Crippen LogP contribution in [-0.2, 0) is 13.2 Å². The number of aliphatic hydroxyl groups is 2. The number of rotatable bonds is 22. The van der Waals surface area contributed by atoms with Gasteiger partial charge in [-0.1, -0.05) is 79.4 Å². The predicted octanol–water partition coefficient (Wildman–Crippen LogP) is 8.38. The summed E-state index contributed by atoms with van der Waals surface area (Å²) < 4.78 is 24.4. The summed E-state index contributed by atoms with van der Waals surface area (Å²) in [5.74, 6) is 0.999. The van der Waals surface area contributed by atoms with Crippen LogP contribution in [0.3, 0.4) is 0 Å². The highest BCUT2D eigenvalue weighted by molar-refractivity contribution is 6.09. The molecule has 3 aromatic rings. The maximum absolute atomic E-state index is 13.9. The first-order valence-corrected chi connectivity index (χ1v) is 17.9. The number of carbonyl (C=O) groups is 2. The normalized spacial score (nSPS) is 11.1. The standard InChI is InChI=1S/C40H56N2O8/c1-7-9-11-17-47-35-15-13-29(23-43)19-31(35)39(45)41-33-21-34(38(50-26-28(5)6)22-37(33)49-25-27(3)4)42-40(46)32-20-30(24-44)14-16-36(32)48-18-12-10-8-2/h13-16,19-22,27-28,43-44H,7-12,17-18,23-26H2,1-6H3,(H,41,45)(H,42,46). The number of amides is 2. The maximum Gasteiger partial charge on any atom is 0.259 e. The molecule has 0 aliphatic carbocycles. The van der Waals surface area contributed by atoms with Gasteiger partial charge in [-0.2, -0.15) is 0 Å². The van der Waals surface area contributed by atoms with Crippen LogP contribution in [0.4, 0.5) is 11.4 Å². The van der Waals surface area contributed by atoms with E-state index in [1.54, 1.807) is 48.5 Å². The van der Waals surface area contributed by atoms with Gasteiger partial charge in [0.05, 0.1) is 62.1 Å². The van der Waals surface area contributed by atoms with Crippen LogP contribution in [-0.4, -0.2) is 48.5 Å². The third kappa shape index (κ3) is 12.6. The van der Waals surface area contributed by atoms with Crippen LogP contribution in [0.2, 0.25) is 0 Å². The third-order valence-corrected chi connectivity index (χ3v) is 7.68. The molecule has 0 atom stereocenters. The van der Waals surface area contributed by atoms with Gasteiger partial charge in [-0.3, -0.25) is 9.59 Å². The number of hydrogen-bond acceptors (Lipinski definition) is 8. The Morgan fingerprint density at radius 1 is 0.580 bits per heavy atom. The van der Waals surface area contributed by atoms with E-state index in [2.05, 4.69) is 24.5 Å². The van der Waals surface area contributed by atoms with Crippen LogP contribution in [0.1, 0.15) is 112 Å². The van der Waals surface area contributed by atoms with Crippen molar-refractivity contribution in [2.75, 3.05) is 37.1 Å². The molecule has 10 nitrogen and oxygen atoms in total. The number of unbranched alkanes of at least 4 members (excludes halogenated alkanes) is 4. The topological polar surface area (TPSA) is 136 Å². The smallest absolute Gasteiger partial charge is 0.259 e. The zero-order chi connectivity index (χ0) is 36.5. The van der Waals surface area contributed by atoms with Gasteiger partial charge in [-0.15, -0.1) is 0 Å². The van der Waals surface area contributed by atoms with E-state index in [1.807, 2.05) is 27.7 Å². The molecule has 0 aliphatic heterocycles. The lowest BCUT2D eigenvalue weighted by Crippen LogP contribution is -2.18. The van der Waals surface area contributed by atoms with Crippen molar-refractivity contribution in [1.82, 2.24) is 0 Å². The number of nitrogens with one attached hydrogen (secondary N) is 2. The van der Waals surface area contributed by atoms with Gasteiger partial charge in [0, 0.05) is 6.07 Å². The van der Waals surface area contributed by atoms with Gasteiger partial charge in [-0.05, 0) is 66.1 Å². The van der Waals surface area contributed by atoms with Crippen molar-refractivity contribution in [3.05, 3.63) is 70.8 Å². The van der Waals surface area contributed by atoms with Crippen molar-refractivity contribution in [1.29, 1.82) is 0 Å². The largest absolute Gasteiger partial charge is 0.493 e. The Balaban J connectivity index is 2.06. The number of benzene rings is 3. The van der Waals surface area contributed by atoms with E-state index < -0.39 is 11.8 Å². The van der Waals surface area contributed by atoms with Gasteiger partial charge in [-0.25, -0.2) is 0 Å². The lowest BCUT2D eigenvalue weighted by Gasteiger charge is -2.21. The molecule has 0 bridgehead atoms. The molecule has 4 N–H and O–H groups in total. The molecule has 0 spiro atoms. The summed E-state index contributed by atoms with van der Waals surface area (Å²) in [6.45, 7) is 13.5. The molecule has 0 unspecified atom stereocenters. The molecule has 50 heavy (non-hydrogen) atoms. The molecule has 274 valence electrons. The molecule has 0 fully saturated rings. The van der Waals surface area contributed by atoms with E-state index in [1.165, 1.54) is 0 Å². The second kappa shape index (κ2) is 21.1. The summed E-state index contributed by atoms with van der Waals surface area (Å²) in [4.78, 5) is 27.8. The highest BCUT2D eigenvalue weighted by Gasteiger charge is 2.22. The Labute approximate surface area is 297 Å². The first-order chi connectivity index (χ1) is 24.1. The fourth-order valence-electron chi connectivity index (χ4n) is 4.91. The predicted molar refractivity (Wildman–Crippen MR) is 198 cm³/mol. The minimum atomic E-state index is -0.466. The van der Waals surface area contributed by atoms with Crippen molar-refractivity contribution < 1.29 is 38.7 Å². The molecule has 0 saturated heterocycles. The molecule has 0 saturated carbocycles. The van der Waals surface area contributed by atoms with Gasteiger partial charge in [0.25, 0.3) is 11.8 Å². The monoisotopic (exact) mass is 692 g/mol. The summed E-state index contributed by atoms with van der Waals surface area (Å²) in [6, 6.07) is 13.4. The van der Waals surface area contributed by atoms with Crippen molar-refractivity contribution in [2.24, 2.45) is 11.8 Å².